The summed E-state index contributed by atoms with van der Waals surface area (Å²) in [4.78, 5) is 10.6. The summed E-state index contributed by atoms with van der Waals surface area (Å²) >= 11 is 0. The molecule has 0 radical (unpaired) electrons. The van der Waals surface area contributed by atoms with Crippen LogP contribution in [0.25, 0.3) is 10.9 Å². The van der Waals surface area contributed by atoms with E-state index < -0.39 is 5.97 Å². The van der Waals surface area contributed by atoms with Crippen LogP contribution in [-0.2, 0) is 11.2 Å². The Labute approximate surface area is 92.4 Å². The Morgan fingerprint density at radius 3 is 2.80 bits per heavy atom. The van der Waals surface area contributed by atoms with Gasteiger partial charge in [0, 0.05) is 5.39 Å². The van der Waals surface area contributed by atoms with E-state index in [4.69, 9.17) is 5.11 Å². The summed E-state index contributed by atoms with van der Waals surface area (Å²) in [5.41, 5.74) is 1.43. The predicted octanol–water partition coefficient (Wildman–Crippen LogP) is 1.68. The molecule has 4 nitrogen and oxygen atoms in total. The number of nitrogens with zero attached hydrogens (tertiary/aromatic N) is 2. The molecule has 5 heteroatoms. The third-order valence-corrected chi connectivity index (χ3v) is 1.97. The molecule has 0 aliphatic carbocycles. The maximum Gasteiger partial charge on any atom is 0.307 e. The van der Waals surface area contributed by atoms with Crippen LogP contribution in [0.1, 0.15) is 5.56 Å². The number of benzene rings is 1. The molecule has 1 aromatic carbocycles. The van der Waals surface area contributed by atoms with Crippen molar-refractivity contribution in [2.45, 2.75) is 6.42 Å². The molecular weight excluding hydrogens is 216 g/mol. The van der Waals surface area contributed by atoms with E-state index in [0.29, 0.717) is 5.56 Å². The number of carbonyl (C=O) groups is 1. The van der Waals surface area contributed by atoms with E-state index >= 15 is 0 Å². The van der Waals surface area contributed by atoms with Crippen LogP contribution >= 0.6 is 12.4 Å². The molecule has 0 bridgehead atoms. The van der Waals surface area contributed by atoms with Gasteiger partial charge < -0.3 is 5.11 Å². The van der Waals surface area contributed by atoms with E-state index in [1.54, 1.807) is 0 Å². The van der Waals surface area contributed by atoms with Gasteiger partial charge in [0.15, 0.2) is 0 Å². The molecule has 0 amide bonds. The van der Waals surface area contributed by atoms with Gasteiger partial charge in [-0.1, -0.05) is 18.2 Å². The van der Waals surface area contributed by atoms with Crippen LogP contribution in [0.15, 0.2) is 30.5 Å². The minimum Gasteiger partial charge on any atom is -0.481 e. The van der Waals surface area contributed by atoms with Crippen molar-refractivity contribution in [2.24, 2.45) is 0 Å². The Kier molecular flexibility index (Phi) is 3.57. The summed E-state index contributed by atoms with van der Waals surface area (Å²) in [7, 11) is 0. The SMILES string of the molecule is Cl.O=C(O)Cc1cnnc2ccccc12. The molecular formula is C10H9ClN2O2. The highest BCUT2D eigenvalue weighted by Crippen LogP contribution is 2.15. The predicted molar refractivity (Wildman–Crippen MR) is 58.1 cm³/mol. The number of rotatable bonds is 2. The van der Waals surface area contributed by atoms with Gasteiger partial charge in [0.25, 0.3) is 0 Å². The molecule has 78 valence electrons. The van der Waals surface area contributed by atoms with E-state index in [1.807, 2.05) is 24.3 Å². The molecule has 0 saturated heterocycles. The quantitative estimate of drug-likeness (QED) is 0.843. The van der Waals surface area contributed by atoms with Gasteiger partial charge in [0.1, 0.15) is 0 Å². The van der Waals surface area contributed by atoms with Crippen LogP contribution in [0.3, 0.4) is 0 Å². The van der Waals surface area contributed by atoms with Crippen LogP contribution in [0.4, 0.5) is 0 Å². The van der Waals surface area contributed by atoms with Crippen molar-refractivity contribution in [3.8, 4) is 0 Å². The van der Waals surface area contributed by atoms with Crippen molar-refractivity contribution >= 4 is 29.3 Å². The average Bonchev–Trinajstić information content (AvgIpc) is 2.18. The fraction of sp³-hybridized carbons (Fsp3) is 0.100. The molecule has 0 aliphatic heterocycles. The van der Waals surface area contributed by atoms with Gasteiger partial charge >= 0.3 is 5.97 Å². The lowest BCUT2D eigenvalue weighted by Gasteiger charge is -2.00. The summed E-state index contributed by atoms with van der Waals surface area (Å²) in [6.07, 6.45) is 1.48. The fourth-order valence-electron chi connectivity index (χ4n) is 1.37. The van der Waals surface area contributed by atoms with E-state index in [1.165, 1.54) is 6.20 Å². The number of fused-ring (bicyclic) bond motifs is 1. The molecule has 2 rings (SSSR count). The molecule has 1 N–H and O–H groups in total. The molecule has 0 saturated carbocycles. The third-order valence-electron chi connectivity index (χ3n) is 1.97. The lowest BCUT2D eigenvalue weighted by atomic mass is 10.1. The second-order valence-electron chi connectivity index (χ2n) is 2.96. The summed E-state index contributed by atoms with van der Waals surface area (Å²) in [6.45, 7) is 0. The van der Waals surface area contributed by atoms with Crippen molar-refractivity contribution in [1.82, 2.24) is 10.2 Å². The number of halogens is 1. The Morgan fingerprint density at radius 2 is 2.07 bits per heavy atom. The smallest absolute Gasteiger partial charge is 0.307 e. The van der Waals surface area contributed by atoms with E-state index in [0.717, 1.165) is 10.9 Å². The largest absolute Gasteiger partial charge is 0.481 e. The van der Waals surface area contributed by atoms with E-state index in [2.05, 4.69) is 10.2 Å². The van der Waals surface area contributed by atoms with Gasteiger partial charge in [-0.3, -0.25) is 4.79 Å². The van der Waals surface area contributed by atoms with Gasteiger partial charge in [0.05, 0.1) is 18.1 Å². The highest BCUT2D eigenvalue weighted by atomic mass is 35.5. The maximum absolute atomic E-state index is 10.6. The van der Waals surface area contributed by atoms with Gasteiger partial charge in [-0.15, -0.1) is 12.4 Å². The lowest BCUT2D eigenvalue weighted by Crippen LogP contribution is -2.02. The van der Waals surface area contributed by atoms with Crippen LogP contribution in [0.5, 0.6) is 0 Å². The number of aromatic nitrogens is 2. The Balaban J connectivity index is 0.00000112. The molecule has 0 aliphatic rings. The summed E-state index contributed by atoms with van der Waals surface area (Å²) in [6, 6.07) is 7.37. The Hall–Kier alpha value is -1.68. The first-order valence-corrected chi connectivity index (χ1v) is 4.18. The first-order valence-electron chi connectivity index (χ1n) is 4.18. The van der Waals surface area contributed by atoms with Crippen LogP contribution < -0.4 is 0 Å². The fourth-order valence-corrected chi connectivity index (χ4v) is 1.37. The average molecular weight is 225 g/mol. The van der Waals surface area contributed by atoms with Gasteiger partial charge in [-0.05, 0) is 11.6 Å². The molecule has 1 heterocycles. The van der Waals surface area contributed by atoms with Crippen molar-refractivity contribution < 1.29 is 9.90 Å². The van der Waals surface area contributed by atoms with Crippen LogP contribution in [-0.4, -0.2) is 21.3 Å². The molecule has 0 atom stereocenters. The molecule has 1 aromatic heterocycles. The second kappa shape index (κ2) is 4.70. The third kappa shape index (κ3) is 2.41. The molecule has 15 heavy (non-hydrogen) atoms. The van der Waals surface area contributed by atoms with E-state index in [9.17, 15) is 4.79 Å². The molecule has 0 fully saturated rings. The van der Waals surface area contributed by atoms with Crippen LogP contribution in [0.2, 0.25) is 0 Å². The number of carboxylic acid groups (broad SMARTS) is 1. The number of hydrogen-bond donors (Lipinski definition) is 1. The Bertz CT molecular complexity index is 482. The number of hydrogen-bond acceptors (Lipinski definition) is 3. The van der Waals surface area contributed by atoms with Crippen molar-refractivity contribution in [2.75, 3.05) is 0 Å². The summed E-state index contributed by atoms with van der Waals surface area (Å²) in [5.74, 6) is -0.858. The van der Waals surface area contributed by atoms with Crippen molar-refractivity contribution in [1.29, 1.82) is 0 Å². The Morgan fingerprint density at radius 1 is 1.33 bits per heavy atom. The summed E-state index contributed by atoms with van der Waals surface area (Å²) < 4.78 is 0. The lowest BCUT2D eigenvalue weighted by molar-refractivity contribution is -0.136. The minimum absolute atomic E-state index is 0. The highest BCUT2D eigenvalue weighted by molar-refractivity contribution is 5.85. The minimum atomic E-state index is -0.858. The molecule has 0 spiro atoms. The van der Waals surface area contributed by atoms with Crippen molar-refractivity contribution in [3.63, 3.8) is 0 Å². The zero-order chi connectivity index (χ0) is 9.97. The standard InChI is InChI=1S/C10H8N2O2.ClH/c13-10(14)5-7-6-11-12-9-4-2-1-3-8(7)9;/h1-4,6H,5H2,(H,13,14);1H. The zero-order valence-electron chi connectivity index (χ0n) is 7.75. The monoisotopic (exact) mass is 224 g/mol. The van der Waals surface area contributed by atoms with Gasteiger partial charge in [-0.2, -0.15) is 10.2 Å². The first kappa shape index (κ1) is 11.4. The van der Waals surface area contributed by atoms with Gasteiger partial charge in [-0.25, -0.2) is 0 Å². The maximum atomic E-state index is 10.6. The normalized spacial score (nSPS) is 9.60. The number of carboxylic acids is 1. The topological polar surface area (TPSA) is 63.1 Å². The first-order chi connectivity index (χ1) is 6.77. The molecule has 2 aromatic rings. The zero-order valence-corrected chi connectivity index (χ0v) is 8.57. The number of aliphatic carboxylic acids is 1. The van der Waals surface area contributed by atoms with E-state index in [-0.39, 0.29) is 18.8 Å². The van der Waals surface area contributed by atoms with Crippen molar-refractivity contribution in [3.05, 3.63) is 36.0 Å². The summed E-state index contributed by atoms with van der Waals surface area (Å²) in [5, 5.41) is 17.2. The molecule has 0 unspecified atom stereocenters. The second-order valence-corrected chi connectivity index (χ2v) is 2.96. The highest BCUT2D eigenvalue weighted by Gasteiger charge is 2.05. The van der Waals surface area contributed by atoms with Crippen LogP contribution in [0, 0.1) is 0 Å². The van der Waals surface area contributed by atoms with Gasteiger partial charge in [0.2, 0.25) is 0 Å².